The van der Waals surface area contributed by atoms with Crippen LogP contribution in [0.25, 0.3) is 0 Å². The number of benzene rings is 1. The summed E-state index contributed by atoms with van der Waals surface area (Å²) in [6, 6.07) is -9.19. The number of carbonyl (C=O) groups is 7. The zero-order chi connectivity index (χ0) is 55.7. The predicted molar refractivity (Wildman–Crippen MR) is 273 cm³/mol. The van der Waals surface area contributed by atoms with Gasteiger partial charge in [0.1, 0.15) is 30.2 Å². The van der Waals surface area contributed by atoms with Gasteiger partial charge >= 0.3 is 0 Å². The van der Waals surface area contributed by atoms with Gasteiger partial charge in [0.05, 0.1) is 22.4 Å². The minimum Gasteiger partial charge on any atom is -0.370 e. The van der Waals surface area contributed by atoms with Crippen molar-refractivity contribution in [2.75, 3.05) is 51.3 Å². The number of likely N-dealkylation sites (N-methyl/N-ethyl adjacent to an activating group) is 1. The number of nitrogens with zero attached hydrogens (tertiary/aromatic N) is 4. The van der Waals surface area contributed by atoms with E-state index in [0.717, 1.165) is 0 Å². The Labute approximate surface area is 433 Å². The van der Waals surface area contributed by atoms with Crippen molar-refractivity contribution in [3.05, 3.63) is 23.3 Å². The molecule has 0 aliphatic carbocycles. The average Bonchev–Trinajstić information content (AvgIpc) is 3.33. The number of thioether (sulfide) groups is 2. The van der Waals surface area contributed by atoms with Gasteiger partial charge in [0.2, 0.25) is 35.4 Å². The standard InChI is InChI=1S/C42H69F4N19O7S2/c1-19(2)26(66)16-60-33(67)25-18-74-32-29(45)27(43)31(28(44)30(32)46)73-17-24(55-3)38(72)64-22(10-6-14-58-41(51)52)36(70)62-20(8-4-12-56-39(47)48)34(68)61-21(9-5-13-57-40(49)50)35(69)63-23(37(71)65-25)11-7-15-59-42(53)54/h19-25,55H,4-18H2,1-3H3,(H,60,67)(H,61,68)(H,62,70)(H,63,69)(H,64,72)(H,65,71)(H4,47,48,56)(H4,49,50,57)(H4,51,52,58)(H4,53,54,59). The normalized spacial score (nSPS) is 20.4. The maximum absolute atomic E-state index is 15.8. The Kier molecular flexibility index (Phi) is 27.7. The van der Waals surface area contributed by atoms with Crippen molar-refractivity contribution < 1.29 is 51.1 Å². The number of hydrogen-bond donors (Lipinski definition) is 15. The number of Topliss-reactive ketones (excluding diaryl/α,β-unsaturated/α-hetero) is 1. The molecule has 6 unspecified atom stereocenters. The van der Waals surface area contributed by atoms with E-state index < -0.39 is 135 Å². The van der Waals surface area contributed by atoms with Crippen LogP contribution in [0.15, 0.2) is 29.8 Å². The van der Waals surface area contributed by atoms with Crippen LogP contribution in [0.4, 0.5) is 17.6 Å². The number of hydrogen-bond acceptors (Lipinski definition) is 14. The first kappa shape index (κ1) is 63.3. The third-order valence-electron chi connectivity index (χ3n) is 10.7. The van der Waals surface area contributed by atoms with Crippen LogP contribution >= 0.6 is 23.5 Å². The van der Waals surface area contributed by atoms with Gasteiger partial charge in [-0.1, -0.05) is 13.8 Å². The first-order valence-corrected chi connectivity index (χ1v) is 25.2. The maximum atomic E-state index is 15.8. The fraction of sp³-hybridized carbons (Fsp3) is 0.595. The molecule has 2 aliphatic rings. The van der Waals surface area contributed by atoms with Gasteiger partial charge in [0, 0.05) is 43.6 Å². The Balaban J connectivity index is 2.89. The van der Waals surface area contributed by atoms with Gasteiger partial charge in [-0.2, -0.15) is 0 Å². The van der Waals surface area contributed by atoms with Crippen LogP contribution in [0, 0.1) is 29.2 Å². The Morgan fingerprint density at radius 1 is 0.541 bits per heavy atom. The van der Waals surface area contributed by atoms with E-state index in [9.17, 15) is 33.6 Å². The lowest BCUT2D eigenvalue weighted by atomic mass is 10.0. The molecule has 0 aromatic heterocycles. The lowest BCUT2D eigenvalue weighted by Crippen LogP contribution is -2.60. The fourth-order valence-corrected chi connectivity index (χ4v) is 8.69. The lowest BCUT2D eigenvalue weighted by Gasteiger charge is -2.28. The molecule has 74 heavy (non-hydrogen) atoms. The van der Waals surface area contributed by atoms with Gasteiger partial charge in [-0.15, -0.1) is 23.5 Å². The molecule has 2 heterocycles. The number of rotatable bonds is 21. The number of fused-ring (bicyclic) bond motifs is 21. The highest BCUT2D eigenvalue weighted by atomic mass is 32.2. The summed E-state index contributed by atoms with van der Waals surface area (Å²) in [6.07, 6.45) is -0.533. The second-order valence-electron chi connectivity index (χ2n) is 16.8. The molecule has 0 spiro atoms. The van der Waals surface area contributed by atoms with Crippen LogP contribution in [-0.4, -0.2) is 153 Å². The number of ketones is 1. The van der Waals surface area contributed by atoms with E-state index in [1.54, 1.807) is 13.8 Å². The van der Waals surface area contributed by atoms with Gasteiger partial charge in [-0.05, 0) is 58.4 Å². The largest absolute Gasteiger partial charge is 0.370 e. The predicted octanol–water partition coefficient (Wildman–Crippen LogP) is -3.99. The van der Waals surface area contributed by atoms with Crippen molar-refractivity contribution in [2.45, 2.75) is 111 Å². The molecule has 2 bridgehead atoms. The summed E-state index contributed by atoms with van der Waals surface area (Å²) in [5.74, 6) is -16.9. The van der Waals surface area contributed by atoms with E-state index in [2.05, 4.69) is 57.2 Å². The van der Waals surface area contributed by atoms with Gasteiger partial charge in [-0.3, -0.25) is 53.5 Å². The third-order valence-corrected chi connectivity index (χ3v) is 13.0. The number of carbonyl (C=O) groups excluding carboxylic acids is 7. The zero-order valence-electron chi connectivity index (χ0n) is 41.2. The molecule has 0 saturated heterocycles. The molecule has 6 amide bonds. The zero-order valence-corrected chi connectivity index (χ0v) is 42.9. The summed E-state index contributed by atoms with van der Waals surface area (Å²) in [7, 11) is 1.29. The Bertz CT molecular complexity index is 2220. The molecular formula is C42H69F4N19O7S2. The van der Waals surface area contributed by atoms with Crippen LogP contribution in [0.5, 0.6) is 0 Å². The monoisotopic (exact) mass is 1090 g/mol. The second kappa shape index (κ2) is 32.4. The van der Waals surface area contributed by atoms with Gasteiger partial charge in [0.15, 0.2) is 52.9 Å². The molecule has 1 aromatic carbocycles. The molecule has 3 rings (SSSR count). The number of halogens is 4. The second-order valence-corrected chi connectivity index (χ2v) is 18.9. The van der Waals surface area contributed by atoms with E-state index in [1.807, 2.05) is 0 Å². The number of guanidine groups is 4. The summed E-state index contributed by atoms with van der Waals surface area (Å²) < 4.78 is 63.2. The van der Waals surface area contributed by atoms with E-state index >= 15 is 17.6 Å². The summed E-state index contributed by atoms with van der Waals surface area (Å²) in [4.78, 5) is 110. The third kappa shape index (κ3) is 22.1. The molecule has 0 radical (unpaired) electrons. The molecule has 23 N–H and O–H groups in total. The fourth-order valence-electron chi connectivity index (χ4n) is 6.60. The molecule has 0 saturated carbocycles. The molecular weight excluding hydrogens is 1020 g/mol. The van der Waals surface area contributed by atoms with Crippen LogP contribution in [0.1, 0.15) is 65.2 Å². The molecule has 2 aliphatic heterocycles. The Morgan fingerprint density at radius 3 is 1.16 bits per heavy atom. The van der Waals surface area contributed by atoms with Crippen molar-refractivity contribution in [1.82, 2.24) is 37.2 Å². The van der Waals surface area contributed by atoms with Crippen LogP contribution in [-0.2, 0) is 33.6 Å². The van der Waals surface area contributed by atoms with Crippen LogP contribution in [0.3, 0.4) is 0 Å². The summed E-state index contributed by atoms with van der Waals surface area (Å²) in [5.41, 5.74) is 43.9. The van der Waals surface area contributed by atoms with Crippen molar-refractivity contribution in [2.24, 2.45) is 71.8 Å². The van der Waals surface area contributed by atoms with Crippen LogP contribution in [0.2, 0.25) is 0 Å². The first-order valence-electron chi connectivity index (χ1n) is 23.2. The lowest BCUT2D eigenvalue weighted by molar-refractivity contribution is -0.135. The van der Waals surface area contributed by atoms with Gasteiger partial charge in [-0.25, -0.2) is 17.6 Å². The van der Waals surface area contributed by atoms with E-state index in [-0.39, 0.29) is 125 Å². The highest BCUT2D eigenvalue weighted by molar-refractivity contribution is 7.99. The van der Waals surface area contributed by atoms with Crippen molar-refractivity contribution in [3.63, 3.8) is 0 Å². The quantitative estimate of drug-likeness (QED) is 0.0139. The first-order chi connectivity index (χ1) is 34.9. The molecule has 32 heteroatoms. The Morgan fingerprint density at radius 2 is 0.851 bits per heavy atom. The van der Waals surface area contributed by atoms with E-state index in [0.29, 0.717) is 0 Å². The van der Waals surface area contributed by atoms with Gasteiger partial charge < -0.3 is 83.1 Å². The average molecular weight is 1090 g/mol. The molecule has 414 valence electrons. The minimum atomic E-state index is -1.88. The smallest absolute Gasteiger partial charge is 0.243 e. The topological polar surface area (TPSA) is 461 Å². The summed E-state index contributed by atoms with van der Waals surface area (Å²) in [5, 5.41) is 17.6. The Hall–Kier alpha value is -6.83. The van der Waals surface area contributed by atoms with Crippen LogP contribution < -0.4 is 83.1 Å². The van der Waals surface area contributed by atoms with Gasteiger partial charge in [0.25, 0.3) is 0 Å². The molecule has 0 fully saturated rings. The number of aliphatic imine (C=N–C) groups is 4. The highest BCUT2D eigenvalue weighted by Crippen LogP contribution is 2.36. The highest BCUT2D eigenvalue weighted by Gasteiger charge is 2.35. The number of nitrogens with one attached hydrogen (secondary N) is 7. The van der Waals surface area contributed by atoms with E-state index in [1.165, 1.54) is 7.05 Å². The van der Waals surface area contributed by atoms with Crippen molar-refractivity contribution >= 4 is 88.6 Å². The minimum absolute atomic E-state index is 0.00819. The number of amides is 6. The van der Waals surface area contributed by atoms with E-state index in [4.69, 9.17) is 45.9 Å². The molecule has 1 aromatic rings. The van der Waals surface area contributed by atoms with Crippen molar-refractivity contribution in [1.29, 1.82) is 0 Å². The maximum Gasteiger partial charge on any atom is 0.243 e. The number of nitrogens with two attached hydrogens (primary N) is 8. The molecule has 6 atom stereocenters. The SMILES string of the molecule is CNC1CSc2c(F)c(F)c(c(F)c2F)SCC(C(=O)NCC(=O)C(C)C)NC(=O)C(CCCN=C(N)N)NC(=O)C(CCCN=C(N)N)NC(=O)C(CCCN=C(N)N)NC(=O)C(CCCN=C(N)N)NC1=O. The molecule has 26 nitrogen and oxygen atoms in total. The summed E-state index contributed by atoms with van der Waals surface area (Å²) >= 11 is 0.331. The van der Waals surface area contributed by atoms with Crippen molar-refractivity contribution in [3.8, 4) is 0 Å². The summed E-state index contributed by atoms with van der Waals surface area (Å²) in [6.45, 7) is 2.40.